The first-order chi connectivity index (χ1) is 15.1. The van der Waals surface area contributed by atoms with Gasteiger partial charge in [0.2, 0.25) is 5.92 Å². The number of ketones is 1. The van der Waals surface area contributed by atoms with E-state index in [-0.39, 0.29) is 34.5 Å². The number of halogens is 8. The maximum atomic E-state index is 11.6. The first-order valence-corrected chi connectivity index (χ1v) is 13.5. The Morgan fingerprint density at radius 3 is 0.632 bits per heavy atom. The third-order valence-electron chi connectivity index (χ3n) is 1.42. The number of alkyl halides is 8. The molecule has 0 unspecified atom stereocenters. The molecule has 0 aliphatic rings. The fourth-order valence-corrected chi connectivity index (χ4v) is 0.161. The number of hydrogen-bond donors (Lipinski definition) is 0. The Bertz CT molecular complexity index is 530. The highest BCUT2D eigenvalue weighted by Crippen LogP contribution is 2.49. The van der Waals surface area contributed by atoms with E-state index in [0.29, 0.717) is 5.41 Å². The molecule has 0 N–H and O–H groups in total. The maximum absolute atomic E-state index is 11.6. The van der Waals surface area contributed by atoms with Gasteiger partial charge in [-0.1, -0.05) is 83.1 Å². The smallest absolute Gasteiger partial charge is 0.300 e. The van der Waals surface area contributed by atoms with Crippen LogP contribution in [0.5, 0.6) is 0 Å². The van der Waals surface area contributed by atoms with E-state index < -0.39 is 33.5 Å². The minimum Gasteiger partial charge on any atom is -0.300 e. The van der Waals surface area contributed by atoms with E-state index in [0.717, 1.165) is 26.4 Å². The number of hydrogen-bond acceptors (Lipinski definition) is 3. The van der Waals surface area contributed by atoms with Crippen LogP contribution < -0.4 is 0 Å². The van der Waals surface area contributed by atoms with Crippen LogP contribution in [-0.4, -0.2) is 45.0 Å². The average Bonchev–Trinajstić information content (AvgIpc) is 2.40. The molecule has 244 valence electrons. The molecule has 0 radical (unpaired) electrons. The zero-order valence-corrected chi connectivity index (χ0v) is 25.9. The number of carbonyl (C=O) groups excluding carboxylic acids is 1. The van der Waals surface area contributed by atoms with Gasteiger partial charge in [-0.05, 0) is 47.0 Å². The molecule has 12 heteroatoms. The molecule has 0 aromatic heterocycles. The lowest BCUT2D eigenvalue weighted by Crippen LogP contribution is -2.44. The largest absolute Gasteiger partial charge is 0.402 e. The second-order valence-electron chi connectivity index (χ2n) is 10.4. The van der Waals surface area contributed by atoms with Gasteiger partial charge in [-0.25, -0.2) is 17.2 Å². The second-order valence-corrected chi connectivity index (χ2v) is 12.7. The van der Waals surface area contributed by atoms with Crippen LogP contribution in [-0.2, 0) is 14.6 Å². The Kier molecular flexibility index (Phi) is 44.5. The average molecular weight is 605 g/mol. The fourth-order valence-electron chi connectivity index (χ4n) is 0.161. The van der Waals surface area contributed by atoms with Gasteiger partial charge in [0, 0.05) is 12.5 Å². The normalized spacial score (nSPS) is 10.7. The van der Waals surface area contributed by atoms with Crippen LogP contribution >= 0.6 is 0 Å². The van der Waals surface area contributed by atoms with E-state index in [1.165, 1.54) is 26.7 Å². The summed E-state index contributed by atoms with van der Waals surface area (Å²) in [5.41, 5.74) is -3.12. The van der Waals surface area contributed by atoms with E-state index in [2.05, 4.69) is 55.4 Å². The predicted octanol–water partition coefficient (Wildman–Crippen LogP) is 11.2. The van der Waals surface area contributed by atoms with Crippen LogP contribution in [0.15, 0.2) is 0 Å². The van der Waals surface area contributed by atoms with Gasteiger partial charge in [0.25, 0.3) is 0 Å². The van der Waals surface area contributed by atoms with E-state index in [4.69, 9.17) is 0 Å². The van der Waals surface area contributed by atoms with Crippen molar-refractivity contribution >= 4 is 15.6 Å². The summed E-state index contributed by atoms with van der Waals surface area (Å²) < 4.78 is 111. The van der Waals surface area contributed by atoms with E-state index in [9.17, 15) is 48.3 Å². The molecule has 0 spiro atoms. The molecule has 0 saturated carbocycles. The van der Waals surface area contributed by atoms with Crippen molar-refractivity contribution in [2.24, 2.45) is 10.8 Å². The maximum Gasteiger partial charge on any atom is 0.402 e. The standard InChI is InChI=1S/C5H6F6.C5H12.C3H6F2.C3H6O.2C3H8.C2H6O2S.2CH4/c1-3(2,4(6,7)8)5(9,10)11;1-5(2,3)4;1-3(2,4)5;1-3(2)4;2*1-3-2;1-5(2,3)4;;/h1-2H3;1-4H3;1-2H3;1-2H3;2*3H2,1-2H3;1-2H3;2*1H4. The molecule has 38 heavy (non-hydrogen) atoms. The summed E-state index contributed by atoms with van der Waals surface area (Å²) in [5.74, 6) is -2.33. The monoisotopic (exact) mass is 604 g/mol. The zero-order chi connectivity index (χ0) is 32.0. The van der Waals surface area contributed by atoms with Crippen molar-refractivity contribution in [1.82, 2.24) is 0 Å². The molecule has 0 bridgehead atoms. The topological polar surface area (TPSA) is 51.2 Å². The highest BCUT2D eigenvalue weighted by atomic mass is 32.2. The summed E-state index contributed by atoms with van der Waals surface area (Å²) in [6.07, 6.45) is -5.67. The van der Waals surface area contributed by atoms with Crippen molar-refractivity contribution in [2.45, 2.75) is 143 Å². The second kappa shape index (κ2) is 27.6. The van der Waals surface area contributed by atoms with Gasteiger partial charge in [-0.15, -0.1) is 0 Å². The Morgan fingerprint density at radius 1 is 0.579 bits per heavy atom. The van der Waals surface area contributed by atoms with Crippen molar-refractivity contribution in [2.75, 3.05) is 12.5 Å². The summed E-state index contributed by atoms with van der Waals surface area (Å²) in [4.78, 5) is 9.44. The lowest BCUT2D eigenvalue weighted by molar-refractivity contribution is -0.327. The quantitative estimate of drug-likeness (QED) is 0.258. The molecule has 0 aromatic rings. The molecular formula is C26H60F8O3S. The Hall–Kier alpha value is -0.940. The fraction of sp³-hybridized carbons (Fsp3) is 0.962. The molecule has 0 atom stereocenters. The van der Waals surface area contributed by atoms with Crippen LogP contribution in [0.4, 0.5) is 35.1 Å². The summed E-state index contributed by atoms with van der Waals surface area (Å²) in [6, 6.07) is 0. The van der Waals surface area contributed by atoms with Crippen molar-refractivity contribution in [3.8, 4) is 0 Å². The molecular weight excluding hydrogens is 544 g/mol. The van der Waals surface area contributed by atoms with Gasteiger partial charge in [-0.3, -0.25) is 0 Å². The van der Waals surface area contributed by atoms with E-state index >= 15 is 0 Å². The van der Waals surface area contributed by atoms with Crippen LogP contribution in [0.1, 0.15) is 125 Å². The van der Waals surface area contributed by atoms with Crippen LogP contribution in [0.3, 0.4) is 0 Å². The lowest BCUT2D eigenvalue weighted by Gasteiger charge is -2.29. The number of Topliss-reactive ketones (excluding diaryl/α,β-unsaturated/α-hetero) is 1. The lowest BCUT2D eigenvalue weighted by atomic mass is 9.92. The summed E-state index contributed by atoms with van der Waals surface area (Å²) in [6.45, 7) is 22.2. The molecule has 0 amide bonds. The van der Waals surface area contributed by atoms with Gasteiger partial charge >= 0.3 is 12.4 Å². The van der Waals surface area contributed by atoms with Crippen LogP contribution in [0.2, 0.25) is 0 Å². The van der Waals surface area contributed by atoms with Gasteiger partial charge in [0.05, 0.1) is 0 Å². The summed E-state index contributed by atoms with van der Waals surface area (Å²) in [5, 5.41) is 0. The van der Waals surface area contributed by atoms with Crippen LogP contribution in [0.25, 0.3) is 0 Å². The number of sulfone groups is 1. The van der Waals surface area contributed by atoms with Crippen molar-refractivity contribution < 1.29 is 48.3 Å². The third kappa shape index (κ3) is 140. The molecule has 0 aliphatic carbocycles. The molecule has 0 aromatic carbocycles. The zero-order valence-electron chi connectivity index (χ0n) is 25.1. The Labute approximate surface area is 230 Å². The molecule has 0 aliphatic heterocycles. The van der Waals surface area contributed by atoms with Crippen LogP contribution in [0, 0.1) is 10.8 Å². The minimum absolute atomic E-state index is 0. The third-order valence-corrected chi connectivity index (χ3v) is 1.42. The van der Waals surface area contributed by atoms with E-state index in [1.54, 1.807) is 0 Å². The van der Waals surface area contributed by atoms with Crippen molar-refractivity contribution in [1.29, 1.82) is 0 Å². The number of rotatable bonds is 0. The molecule has 0 heterocycles. The first-order valence-electron chi connectivity index (χ1n) is 11.2. The first kappa shape index (κ1) is 61.2. The van der Waals surface area contributed by atoms with Gasteiger partial charge in [-0.2, -0.15) is 26.3 Å². The number of carbonyl (C=O) groups is 1. The van der Waals surface area contributed by atoms with Gasteiger partial charge < -0.3 is 4.79 Å². The molecule has 0 rings (SSSR count). The molecule has 0 saturated heterocycles. The van der Waals surface area contributed by atoms with E-state index in [1.807, 2.05) is 0 Å². The molecule has 0 fully saturated rings. The highest BCUT2D eigenvalue weighted by Gasteiger charge is 2.64. The molecule has 3 nitrogen and oxygen atoms in total. The van der Waals surface area contributed by atoms with Crippen molar-refractivity contribution in [3.63, 3.8) is 0 Å². The summed E-state index contributed by atoms with van der Waals surface area (Å²) >= 11 is 0. The Balaban J connectivity index is -0.0000000388. The summed E-state index contributed by atoms with van der Waals surface area (Å²) in [7, 11) is -2.67. The SMILES string of the molecule is C.C.CC(C)(C(F)(F)F)C(F)(F)F.CC(C)(C)C.CC(C)(F)F.CC(C)=O.CCC.CCC.CS(C)(=O)=O. The highest BCUT2D eigenvalue weighted by molar-refractivity contribution is 7.89. The van der Waals surface area contributed by atoms with Gasteiger partial charge in [0.1, 0.15) is 15.6 Å². The Morgan fingerprint density at radius 2 is 0.632 bits per heavy atom. The minimum atomic E-state index is -5.24. The van der Waals surface area contributed by atoms with Crippen molar-refractivity contribution in [3.05, 3.63) is 0 Å². The predicted molar refractivity (Wildman–Crippen MR) is 150 cm³/mol. The van der Waals surface area contributed by atoms with Gasteiger partial charge in [0.15, 0.2) is 5.41 Å².